The second-order valence-corrected chi connectivity index (χ2v) is 11.7. The summed E-state index contributed by atoms with van der Waals surface area (Å²) >= 11 is 0. The topological polar surface area (TPSA) is 114 Å². The summed E-state index contributed by atoms with van der Waals surface area (Å²) < 4.78 is 33.4. The molecule has 0 unspecified atom stereocenters. The summed E-state index contributed by atoms with van der Waals surface area (Å²) in [5.41, 5.74) is 1.29. The Morgan fingerprint density at radius 2 is 1.94 bits per heavy atom. The third-order valence-corrected chi connectivity index (χ3v) is 7.32. The lowest BCUT2D eigenvalue weighted by molar-refractivity contribution is 0.0981. The maximum atomic E-state index is 13.3. The van der Waals surface area contributed by atoms with Gasteiger partial charge in [0.2, 0.25) is 5.88 Å². The second-order valence-electron chi connectivity index (χ2n) is 9.98. The van der Waals surface area contributed by atoms with Crippen LogP contribution in [0.3, 0.4) is 0 Å². The number of anilines is 1. The van der Waals surface area contributed by atoms with E-state index in [9.17, 15) is 13.2 Å². The molecule has 1 fully saturated rings. The second kappa shape index (κ2) is 9.85. The molecule has 0 spiro atoms. The Morgan fingerprint density at radius 1 is 1.17 bits per heavy atom. The number of hydrogen-bond donors (Lipinski definition) is 1. The Morgan fingerprint density at radius 3 is 2.53 bits per heavy atom. The van der Waals surface area contributed by atoms with Crippen molar-refractivity contribution in [1.82, 2.24) is 19.7 Å². The third-order valence-electron chi connectivity index (χ3n) is 6.01. The van der Waals surface area contributed by atoms with E-state index in [-0.39, 0.29) is 22.1 Å². The van der Waals surface area contributed by atoms with Gasteiger partial charge in [0.15, 0.2) is 0 Å². The Bertz CT molecular complexity index is 1340. The number of amides is 1. The lowest BCUT2D eigenvalue weighted by Crippen LogP contribution is -2.41. The fourth-order valence-electron chi connectivity index (χ4n) is 4.54. The predicted octanol–water partition coefficient (Wildman–Crippen LogP) is 4.07. The van der Waals surface area contributed by atoms with Gasteiger partial charge in [0.25, 0.3) is 15.9 Å². The zero-order valence-corrected chi connectivity index (χ0v) is 21.9. The fraction of sp³-hybridized carbons (Fsp3) is 0.385. The van der Waals surface area contributed by atoms with Crippen molar-refractivity contribution in [2.24, 2.45) is 5.92 Å². The minimum atomic E-state index is -4.10. The molecular weight excluding hydrogens is 478 g/mol. The molecule has 3 aromatic rings. The number of sulfonamides is 1. The van der Waals surface area contributed by atoms with Crippen molar-refractivity contribution >= 4 is 21.7 Å². The monoisotopic (exact) mass is 509 g/mol. The van der Waals surface area contributed by atoms with E-state index in [1.54, 1.807) is 24.4 Å². The van der Waals surface area contributed by atoms with Gasteiger partial charge in [-0.25, -0.2) is 23.1 Å². The summed E-state index contributed by atoms with van der Waals surface area (Å²) in [7, 11) is -4.10. The normalized spacial score (nSPS) is 17.3. The van der Waals surface area contributed by atoms with Crippen molar-refractivity contribution in [2.45, 2.75) is 57.6 Å². The van der Waals surface area contributed by atoms with Gasteiger partial charge in [0, 0.05) is 42.3 Å². The summed E-state index contributed by atoms with van der Waals surface area (Å²) in [6.07, 6.45) is 5.26. The van der Waals surface area contributed by atoms with E-state index in [2.05, 4.69) is 40.4 Å². The van der Waals surface area contributed by atoms with E-state index >= 15 is 0 Å². The molecule has 9 nitrogen and oxygen atoms in total. The highest BCUT2D eigenvalue weighted by molar-refractivity contribution is 7.90. The number of aromatic nitrogens is 3. The highest BCUT2D eigenvalue weighted by Gasteiger charge is 2.39. The van der Waals surface area contributed by atoms with Gasteiger partial charge in [-0.15, -0.1) is 0 Å². The van der Waals surface area contributed by atoms with Crippen molar-refractivity contribution in [3.8, 4) is 17.1 Å². The van der Waals surface area contributed by atoms with Gasteiger partial charge in [-0.2, -0.15) is 0 Å². The number of rotatable bonds is 7. The van der Waals surface area contributed by atoms with Crippen molar-refractivity contribution in [3.63, 3.8) is 0 Å². The molecule has 1 atom stereocenters. The molecule has 0 aliphatic carbocycles. The molecule has 0 saturated carbocycles. The van der Waals surface area contributed by atoms with Crippen molar-refractivity contribution < 1.29 is 17.9 Å². The van der Waals surface area contributed by atoms with Gasteiger partial charge in [-0.1, -0.05) is 6.92 Å². The highest BCUT2D eigenvalue weighted by atomic mass is 32.2. The Kier molecular flexibility index (Phi) is 6.99. The van der Waals surface area contributed by atoms with E-state index in [0.717, 1.165) is 12.0 Å². The van der Waals surface area contributed by atoms with Crippen LogP contribution in [-0.4, -0.2) is 47.5 Å². The Hall–Kier alpha value is -3.53. The molecule has 1 saturated heterocycles. The minimum absolute atomic E-state index is 0.00760. The SMILES string of the molecule is CC(C)Oc1ccc(-c2ccc(C(=O)NS(=O)(=O)c3cccnc3)c(N3C[C@H](C)CC3(C)C)n2)cn1. The molecule has 10 heteroatoms. The van der Waals surface area contributed by atoms with Crippen LogP contribution in [0.2, 0.25) is 0 Å². The molecule has 36 heavy (non-hydrogen) atoms. The van der Waals surface area contributed by atoms with E-state index in [0.29, 0.717) is 29.9 Å². The maximum Gasteiger partial charge on any atom is 0.268 e. The number of hydrogen-bond acceptors (Lipinski definition) is 8. The van der Waals surface area contributed by atoms with Crippen LogP contribution in [0, 0.1) is 5.92 Å². The van der Waals surface area contributed by atoms with Gasteiger partial charge in [-0.3, -0.25) is 9.78 Å². The van der Waals surface area contributed by atoms with Crippen LogP contribution in [0.1, 0.15) is 51.4 Å². The number of nitrogens with one attached hydrogen (secondary N) is 1. The highest BCUT2D eigenvalue weighted by Crippen LogP contribution is 2.38. The minimum Gasteiger partial charge on any atom is -0.475 e. The number of pyridine rings is 3. The van der Waals surface area contributed by atoms with Gasteiger partial charge in [0.1, 0.15) is 10.7 Å². The van der Waals surface area contributed by atoms with Gasteiger partial charge < -0.3 is 9.64 Å². The van der Waals surface area contributed by atoms with Crippen molar-refractivity contribution in [3.05, 3.63) is 60.6 Å². The van der Waals surface area contributed by atoms with Gasteiger partial charge in [-0.05, 0) is 70.4 Å². The first kappa shape index (κ1) is 25.6. The van der Waals surface area contributed by atoms with E-state index in [4.69, 9.17) is 9.72 Å². The van der Waals surface area contributed by atoms with Crippen LogP contribution >= 0.6 is 0 Å². The molecule has 0 radical (unpaired) electrons. The van der Waals surface area contributed by atoms with Crippen molar-refractivity contribution in [2.75, 3.05) is 11.4 Å². The summed E-state index contributed by atoms with van der Waals surface area (Å²) in [6, 6.07) is 9.84. The number of nitrogens with zero attached hydrogens (tertiary/aromatic N) is 4. The summed E-state index contributed by atoms with van der Waals surface area (Å²) in [5.74, 6) is 0.583. The average Bonchev–Trinajstić information content (AvgIpc) is 3.10. The van der Waals surface area contributed by atoms with Crippen molar-refractivity contribution in [1.29, 1.82) is 0 Å². The molecule has 190 valence electrons. The molecule has 4 rings (SSSR count). The largest absolute Gasteiger partial charge is 0.475 e. The number of carbonyl (C=O) groups excluding carboxylic acids is 1. The molecule has 0 bridgehead atoms. The zero-order chi connectivity index (χ0) is 26.1. The van der Waals surface area contributed by atoms with Gasteiger partial charge in [0.05, 0.1) is 17.4 Å². The molecule has 1 aliphatic rings. The molecule has 0 aromatic carbocycles. The smallest absolute Gasteiger partial charge is 0.268 e. The summed E-state index contributed by atoms with van der Waals surface area (Å²) in [6.45, 7) is 10.9. The lowest BCUT2D eigenvalue weighted by Gasteiger charge is -2.34. The Balaban J connectivity index is 1.73. The Labute approximate surface area is 212 Å². The number of ether oxygens (including phenoxy) is 1. The molecule has 1 amide bonds. The van der Waals surface area contributed by atoms with Crippen LogP contribution < -0.4 is 14.4 Å². The van der Waals surface area contributed by atoms with Gasteiger partial charge >= 0.3 is 0 Å². The predicted molar refractivity (Wildman–Crippen MR) is 137 cm³/mol. The third kappa shape index (κ3) is 5.48. The quantitative estimate of drug-likeness (QED) is 0.507. The standard InChI is InChI=1S/C26H31N5O4S/c1-17(2)35-23-11-8-19(14-28-23)22-10-9-21(24(29-22)31-16-18(3)13-26(31,4)5)25(32)30-36(33,34)20-7-6-12-27-15-20/h6-12,14-15,17-18H,13,16H2,1-5H3,(H,30,32)/t18-/m1/s1. The number of carbonyl (C=O) groups is 1. The zero-order valence-electron chi connectivity index (χ0n) is 21.1. The lowest BCUT2D eigenvalue weighted by atomic mass is 9.97. The first-order valence-corrected chi connectivity index (χ1v) is 13.3. The average molecular weight is 510 g/mol. The summed E-state index contributed by atoms with van der Waals surface area (Å²) in [4.78, 5) is 28.3. The molecule has 1 aliphatic heterocycles. The van der Waals surface area contributed by atoms with E-state index in [1.165, 1.54) is 24.5 Å². The first-order chi connectivity index (χ1) is 17.0. The van der Waals surface area contributed by atoms with Crippen LogP contribution in [0.4, 0.5) is 5.82 Å². The van der Waals surface area contributed by atoms with Crippen LogP contribution in [-0.2, 0) is 10.0 Å². The molecular formula is C26H31N5O4S. The van der Waals surface area contributed by atoms with Crippen LogP contribution in [0.25, 0.3) is 11.3 Å². The molecule has 1 N–H and O–H groups in total. The fourth-order valence-corrected chi connectivity index (χ4v) is 5.47. The maximum absolute atomic E-state index is 13.3. The van der Waals surface area contributed by atoms with E-state index in [1.807, 2.05) is 19.9 Å². The first-order valence-electron chi connectivity index (χ1n) is 11.9. The summed E-state index contributed by atoms with van der Waals surface area (Å²) in [5, 5.41) is 0. The van der Waals surface area contributed by atoms with E-state index < -0.39 is 15.9 Å². The molecule has 3 aromatic heterocycles. The molecule has 4 heterocycles. The van der Waals surface area contributed by atoms with Crippen LogP contribution in [0.5, 0.6) is 5.88 Å². The van der Waals surface area contributed by atoms with Crippen LogP contribution in [0.15, 0.2) is 59.9 Å².